The standard InChI is InChI=1S/C9H18ClNO2/c1-12-7-9(4-10)11-5-8-2-3-13-6-8/h8-9,11H,2-7H2,1H3. The second-order valence-electron chi connectivity index (χ2n) is 3.44. The lowest BCUT2D eigenvalue weighted by Crippen LogP contribution is -2.38. The van der Waals surface area contributed by atoms with E-state index in [-0.39, 0.29) is 6.04 Å². The maximum atomic E-state index is 5.76. The molecule has 2 atom stereocenters. The van der Waals surface area contributed by atoms with E-state index in [0.29, 0.717) is 18.4 Å². The van der Waals surface area contributed by atoms with Crippen LogP contribution in [-0.2, 0) is 9.47 Å². The van der Waals surface area contributed by atoms with Crippen LogP contribution in [0, 0.1) is 5.92 Å². The molecule has 1 aliphatic rings. The third-order valence-corrected chi connectivity index (χ3v) is 2.65. The average Bonchev–Trinajstić information content (AvgIpc) is 2.64. The third-order valence-electron chi connectivity index (χ3n) is 2.27. The summed E-state index contributed by atoms with van der Waals surface area (Å²) >= 11 is 5.76. The minimum Gasteiger partial charge on any atom is -0.383 e. The van der Waals surface area contributed by atoms with Gasteiger partial charge >= 0.3 is 0 Å². The van der Waals surface area contributed by atoms with Crippen LogP contribution in [0.1, 0.15) is 6.42 Å². The summed E-state index contributed by atoms with van der Waals surface area (Å²) < 4.78 is 10.3. The fraction of sp³-hybridized carbons (Fsp3) is 1.00. The third kappa shape index (κ3) is 4.27. The molecule has 0 bridgehead atoms. The topological polar surface area (TPSA) is 30.5 Å². The van der Waals surface area contributed by atoms with Crippen LogP contribution >= 0.6 is 11.6 Å². The number of alkyl halides is 1. The Hall–Kier alpha value is 0.170. The number of halogens is 1. The van der Waals surface area contributed by atoms with Gasteiger partial charge in [-0.3, -0.25) is 0 Å². The number of hydrogen-bond acceptors (Lipinski definition) is 3. The number of methoxy groups -OCH3 is 1. The first kappa shape index (κ1) is 11.2. The Labute approximate surface area is 84.7 Å². The van der Waals surface area contributed by atoms with E-state index in [2.05, 4.69) is 5.32 Å². The van der Waals surface area contributed by atoms with Crippen LogP contribution in [0.5, 0.6) is 0 Å². The largest absolute Gasteiger partial charge is 0.383 e. The van der Waals surface area contributed by atoms with Crippen LogP contribution in [0.15, 0.2) is 0 Å². The summed E-state index contributed by atoms with van der Waals surface area (Å²) in [6, 6.07) is 0.271. The quantitative estimate of drug-likeness (QED) is 0.656. The summed E-state index contributed by atoms with van der Waals surface area (Å²) in [7, 11) is 1.69. The van der Waals surface area contributed by atoms with Gasteiger partial charge in [0.2, 0.25) is 0 Å². The van der Waals surface area contributed by atoms with Crippen molar-refractivity contribution in [3.8, 4) is 0 Å². The van der Waals surface area contributed by atoms with E-state index < -0.39 is 0 Å². The molecule has 0 radical (unpaired) electrons. The molecule has 1 heterocycles. The summed E-state index contributed by atoms with van der Waals surface area (Å²) in [5, 5.41) is 3.38. The van der Waals surface area contributed by atoms with E-state index in [4.69, 9.17) is 21.1 Å². The molecule has 0 amide bonds. The van der Waals surface area contributed by atoms with E-state index in [9.17, 15) is 0 Å². The van der Waals surface area contributed by atoms with Crippen LogP contribution < -0.4 is 5.32 Å². The summed E-state index contributed by atoms with van der Waals surface area (Å²) in [5.41, 5.74) is 0. The van der Waals surface area contributed by atoms with Gasteiger partial charge in [-0.25, -0.2) is 0 Å². The minimum absolute atomic E-state index is 0.271. The molecule has 1 rings (SSSR count). The van der Waals surface area contributed by atoms with Crippen LogP contribution in [0.4, 0.5) is 0 Å². The van der Waals surface area contributed by atoms with Crippen LogP contribution in [0.25, 0.3) is 0 Å². The zero-order chi connectivity index (χ0) is 9.52. The first-order chi connectivity index (χ1) is 6.36. The van der Waals surface area contributed by atoms with E-state index in [1.807, 2.05) is 0 Å². The van der Waals surface area contributed by atoms with Crippen molar-refractivity contribution in [1.29, 1.82) is 0 Å². The lowest BCUT2D eigenvalue weighted by atomic mass is 10.1. The Morgan fingerprint density at radius 1 is 1.69 bits per heavy atom. The first-order valence-corrected chi connectivity index (χ1v) is 5.26. The molecule has 13 heavy (non-hydrogen) atoms. The number of ether oxygens (including phenoxy) is 2. The fourth-order valence-corrected chi connectivity index (χ4v) is 1.64. The summed E-state index contributed by atoms with van der Waals surface area (Å²) in [6.07, 6.45) is 1.16. The SMILES string of the molecule is COCC(CCl)NCC1CCOC1. The number of rotatable bonds is 6. The molecule has 78 valence electrons. The molecule has 0 saturated carbocycles. The van der Waals surface area contributed by atoms with Crippen molar-refractivity contribution >= 4 is 11.6 Å². The van der Waals surface area contributed by atoms with Gasteiger partial charge in [-0.1, -0.05) is 0 Å². The smallest absolute Gasteiger partial charge is 0.0627 e. The van der Waals surface area contributed by atoms with Gasteiger partial charge in [-0.15, -0.1) is 11.6 Å². The summed E-state index contributed by atoms with van der Waals surface area (Å²) in [4.78, 5) is 0. The van der Waals surface area contributed by atoms with Crippen molar-refractivity contribution < 1.29 is 9.47 Å². The number of nitrogens with one attached hydrogen (secondary N) is 1. The second-order valence-corrected chi connectivity index (χ2v) is 3.75. The average molecular weight is 208 g/mol. The molecular formula is C9H18ClNO2. The van der Waals surface area contributed by atoms with Crippen molar-refractivity contribution in [3.63, 3.8) is 0 Å². The Bertz CT molecular complexity index is 129. The fourth-order valence-electron chi connectivity index (χ4n) is 1.44. The number of hydrogen-bond donors (Lipinski definition) is 1. The van der Waals surface area contributed by atoms with Crippen LogP contribution in [0.3, 0.4) is 0 Å². The highest BCUT2D eigenvalue weighted by Gasteiger charge is 2.16. The van der Waals surface area contributed by atoms with Crippen molar-refractivity contribution in [2.24, 2.45) is 5.92 Å². The van der Waals surface area contributed by atoms with Crippen molar-refractivity contribution in [2.75, 3.05) is 39.4 Å². The highest BCUT2D eigenvalue weighted by atomic mass is 35.5. The van der Waals surface area contributed by atoms with E-state index in [0.717, 1.165) is 26.2 Å². The lowest BCUT2D eigenvalue weighted by molar-refractivity contribution is 0.165. The van der Waals surface area contributed by atoms with E-state index >= 15 is 0 Å². The molecule has 0 aromatic rings. The molecule has 0 aliphatic carbocycles. The highest BCUT2D eigenvalue weighted by Crippen LogP contribution is 2.10. The van der Waals surface area contributed by atoms with Crippen LogP contribution in [-0.4, -0.2) is 45.4 Å². The molecular weight excluding hydrogens is 190 g/mol. The van der Waals surface area contributed by atoms with Gasteiger partial charge in [-0.2, -0.15) is 0 Å². The minimum atomic E-state index is 0.271. The van der Waals surface area contributed by atoms with Gasteiger partial charge in [0, 0.05) is 32.2 Å². The zero-order valence-electron chi connectivity index (χ0n) is 8.09. The van der Waals surface area contributed by atoms with E-state index in [1.54, 1.807) is 7.11 Å². The predicted molar refractivity (Wildman–Crippen MR) is 53.3 cm³/mol. The molecule has 1 aliphatic heterocycles. The highest BCUT2D eigenvalue weighted by molar-refractivity contribution is 6.18. The van der Waals surface area contributed by atoms with Gasteiger partial charge in [0.05, 0.1) is 13.2 Å². The van der Waals surface area contributed by atoms with Gasteiger partial charge < -0.3 is 14.8 Å². The summed E-state index contributed by atoms with van der Waals surface area (Å²) in [5.74, 6) is 1.25. The predicted octanol–water partition coefficient (Wildman–Crippen LogP) is 0.866. The lowest BCUT2D eigenvalue weighted by Gasteiger charge is -2.17. The Kier molecular flexibility index (Phi) is 5.71. The van der Waals surface area contributed by atoms with E-state index in [1.165, 1.54) is 0 Å². The monoisotopic (exact) mass is 207 g/mol. The van der Waals surface area contributed by atoms with Gasteiger partial charge in [0.25, 0.3) is 0 Å². The molecule has 1 saturated heterocycles. The van der Waals surface area contributed by atoms with Crippen molar-refractivity contribution in [2.45, 2.75) is 12.5 Å². The van der Waals surface area contributed by atoms with Crippen LogP contribution in [0.2, 0.25) is 0 Å². The second kappa shape index (κ2) is 6.60. The maximum Gasteiger partial charge on any atom is 0.0627 e. The van der Waals surface area contributed by atoms with Gasteiger partial charge in [-0.05, 0) is 12.3 Å². The normalized spacial score (nSPS) is 24.9. The van der Waals surface area contributed by atoms with Gasteiger partial charge in [0.15, 0.2) is 0 Å². The molecule has 0 aromatic heterocycles. The molecule has 2 unspecified atom stereocenters. The Balaban J connectivity index is 2.07. The molecule has 3 nitrogen and oxygen atoms in total. The first-order valence-electron chi connectivity index (χ1n) is 4.73. The Morgan fingerprint density at radius 3 is 3.08 bits per heavy atom. The molecule has 1 fully saturated rings. The van der Waals surface area contributed by atoms with Crippen molar-refractivity contribution in [3.05, 3.63) is 0 Å². The molecule has 1 N–H and O–H groups in total. The van der Waals surface area contributed by atoms with Gasteiger partial charge in [0.1, 0.15) is 0 Å². The van der Waals surface area contributed by atoms with Crippen molar-refractivity contribution in [1.82, 2.24) is 5.32 Å². The molecule has 0 spiro atoms. The maximum absolute atomic E-state index is 5.76. The Morgan fingerprint density at radius 2 is 2.54 bits per heavy atom. The summed E-state index contributed by atoms with van der Waals surface area (Å²) in [6.45, 7) is 3.45. The molecule has 0 aromatic carbocycles. The molecule has 4 heteroatoms. The zero-order valence-corrected chi connectivity index (χ0v) is 8.85.